The average molecular weight is 245 g/mol. The first-order chi connectivity index (χ1) is 8.47. The molecule has 1 aromatic carbocycles. The number of nitrogens with one attached hydrogen (secondary N) is 1. The second kappa shape index (κ2) is 5.44. The minimum atomic E-state index is 0.591. The van der Waals surface area contributed by atoms with Crippen molar-refractivity contribution >= 4 is 0 Å². The van der Waals surface area contributed by atoms with E-state index < -0.39 is 0 Å². The van der Waals surface area contributed by atoms with Gasteiger partial charge < -0.3 is 5.32 Å². The largest absolute Gasteiger partial charge is 0.312 e. The first-order valence-corrected chi connectivity index (χ1v) is 7.26. The lowest BCUT2D eigenvalue weighted by molar-refractivity contribution is 0.519. The Labute approximate surface area is 112 Å². The zero-order valence-corrected chi connectivity index (χ0v) is 12.3. The smallest absolute Gasteiger partial charge is 0.0205 e. The third kappa shape index (κ3) is 3.84. The quantitative estimate of drug-likeness (QED) is 0.798. The van der Waals surface area contributed by atoms with Gasteiger partial charge in [-0.25, -0.2) is 0 Å². The molecular weight excluding hydrogens is 218 g/mol. The van der Waals surface area contributed by atoms with Crippen LogP contribution in [0.15, 0.2) is 24.3 Å². The van der Waals surface area contributed by atoms with Crippen molar-refractivity contribution in [3.05, 3.63) is 35.4 Å². The molecule has 100 valence electrons. The third-order valence-electron chi connectivity index (χ3n) is 4.10. The van der Waals surface area contributed by atoms with Crippen molar-refractivity contribution in [1.29, 1.82) is 0 Å². The fraction of sp³-hybridized carbons (Fsp3) is 0.647. The van der Waals surface area contributed by atoms with Crippen molar-refractivity contribution in [2.75, 3.05) is 6.54 Å². The minimum Gasteiger partial charge on any atom is -0.312 e. The summed E-state index contributed by atoms with van der Waals surface area (Å²) in [5, 5.41) is 3.58. The minimum absolute atomic E-state index is 0.591. The second-order valence-corrected chi connectivity index (χ2v) is 6.93. The van der Waals surface area contributed by atoms with Gasteiger partial charge in [-0.2, -0.15) is 0 Å². The molecule has 0 aliphatic heterocycles. The van der Waals surface area contributed by atoms with Crippen LogP contribution in [-0.2, 0) is 13.0 Å². The zero-order valence-electron chi connectivity index (χ0n) is 12.3. The molecule has 0 aromatic heterocycles. The Bertz CT molecular complexity index is 375. The monoisotopic (exact) mass is 245 g/mol. The van der Waals surface area contributed by atoms with Crippen molar-refractivity contribution in [3.8, 4) is 0 Å². The molecule has 0 radical (unpaired) electrons. The van der Waals surface area contributed by atoms with Gasteiger partial charge in [0, 0.05) is 6.54 Å². The predicted molar refractivity (Wildman–Crippen MR) is 78.6 cm³/mol. The van der Waals surface area contributed by atoms with Gasteiger partial charge in [0.25, 0.3) is 0 Å². The highest BCUT2D eigenvalue weighted by Crippen LogP contribution is 2.50. The average Bonchev–Trinajstić information content (AvgIpc) is 2.88. The molecule has 1 aliphatic rings. The van der Waals surface area contributed by atoms with Gasteiger partial charge in [0.15, 0.2) is 0 Å². The molecule has 0 amide bonds. The molecule has 1 aromatic rings. The van der Waals surface area contributed by atoms with Crippen LogP contribution in [0.2, 0.25) is 0 Å². The molecule has 2 rings (SSSR count). The van der Waals surface area contributed by atoms with Crippen molar-refractivity contribution in [1.82, 2.24) is 5.32 Å². The van der Waals surface area contributed by atoms with E-state index in [9.17, 15) is 0 Å². The summed E-state index contributed by atoms with van der Waals surface area (Å²) < 4.78 is 0. The molecule has 0 bridgehead atoms. The summed E-state index contributed by atoms with van der Waals surface area (Å²) in [7, 11) is 0. The summed E-state index contributed by atoms with van der Waals surface area (Å²) in [6, 6.07) is 9.08. The van der Waals surface area contributed by atoms with E-state index in [4.69, 9.17) is 0 Å². The van der Waals surface area contributed by atoms with Gasteiger partial charge in [0.2, 0.25) is 0 Å². The van der Waals surface area contributed by atoms with E-state index in [0.29, 0.717) is 5.41 Å². The Balaban J connectivity index is 1.73. The van der Waals surface area contributed by atoms with E-state index in [1.807, 2.05) is 0 Å². The summed E-state index contributed by atoms with van der Waals surface area (Å²) in [5.74, 6) is 1.63. The lowest BCUT2D eigenvalue weighted by Crippen LogP contribution is -2.18. The molecule has 0 spiro atoms. The fourth-order valence-electron chi connectivity index (χ4n) is 2.58. The molecule has 1 heteroatoms. The van der Waals surface area contributed by atoms with Crippen molar-refractivity contribution in [3.63, 3.8) is 0 Å². The second-order valence-electron chi connectivity index (χ2n) is 6.93. The van der Waals surface area contributed by atoms with E-state index in [2.05, 4.69) is 57.3 Å². The molecule has 0 saturated heterocycles. The molecule has 1 saturated carbocycles. The van der Waals surface area contributed by atoms with Gasteiger partial charge in [0.1, 0.15) is 0 Å². The number of benzene rings is 1. The van der Waals surface area contributed by atoms with E-state index >= 15 is 0 Å². The van der Waals surface area contributed by atoms with Crippen LogP contribution in [0.25, 0.3) is 0 Å². The first kappa shape index (κ1) is 13.6. The van der Waals surface area contributed by atoms with E-state index in [1.54, 1.807) is 0 Å². The molecule has 0 heterocycles. The summed E-state index contributed by atoms with van der Waals surface area (Å²) in [5.41, 5.74) is 3.45. The lowest BCUT2D eigenvalue weighted by Gasteiger charge is -2.08. The van der Waals surface area contributed by atoms with Crippen molar-refractivity contribution < 1.29 is 0 Å². The number of hydrogen-bond acceptors (Lipinski definition) is 1. The Morgan fingerprint density at radius 1 is 1.17 bits per heavy atom. The zero-order chi connectivity index (χ0) is 13.2. The summed E-state index contributed by atoms with van der Waals surface area (Å²) in [6.45, 7) is 11.4. The maximum Gasteiger partial charge on any atom is 0.0205 e. The van der Waals surface area contributed by atoms with Gasteiger partial charge in [-0.05, 0) is 47.8 Å². The van der Waals surface area contributed by atoms with Gasteiger partial charge in [-0.3, -0.25) is 0 Å². The van der Waals surface area contributed by atoms with Crippen LogP contribution in [0, 0.1) is 17.3 Å². The molecule has 1 N–H and O–H groups in total. The Morgan fingerprint density at radius 3 is 2.22 bits per heavy atom. The molecular formula is C17H27N. The van der Waals surface area contributed by atoms with E-state index in [1.165, 1.54) is 30.5 Å². The SMILES string of the molecule is CC(C)Cc1ccc(CNCC2CC2(C)C)cc1. The van der Waals surface area contributed by atoms with Gasteiger partial charge in [0.05, 0.1) is 0 Å². The normalized spacial score (nSPS) is 21.3. The van der Waals surface area contributed by atoms with E-state index in [0.717, 1.165) is 18.4 Å². The maximum absolute atomic E-state index is 3.58. The van der Waals surface area contributed by atoms with Crippen LogP contribution in [0.1, 0.15) is 45.2 Å². The van der Waals surface area contributed by atoms with Crippen LogP contribution in [0.3, 0.4) is 0 Å². The lowest BCUT2D eigenvalue weighted by atomic mass is 10.0. The molecule has 1 aliphatic carbocycles. The summed E-state index contributed by atoms with van der Waals surface area (Å²) in [6.07, 6.45) is 2.57. The van der Waals surface area contributed by atoms with Gasteiger partial charge >= 0.3 is 0 Å². The fourth-order valence-corrected chi connectivity index (χ4v) is 2.58. The molecule has 1 fully saturated rings. The highest BCUT2D eigenvalue weighted by Gasteiger charge is 2.44. The Hall–Kier alpha value is -0.820. The highest BCUT2D eigenvalue weighted by atomic mass is 14.9. The van der Waals surface area contributed by atoms with E-state index in [-0.39, 0.29) is 0 Å². The summed E-state index contributed by atoms with van der Waals surface area (Å²) in [4.78, 5) is 0. The molecule has 18 heavy (non-hydrogen) atoms. The Kier molecular flexibility index (Phi) is 4.11. The highest BCUT2D eigenvalue weighted by molar-refractivity contribution is 5.22. The van der Waals surface area contributed by atoms with Crippen molar-refractivity contribution in [2.24, 2.45) is 17.3 Å². The van der Waals surface area contributed by atoms with Gasteiger partial charge in [-0.1, -0.05) is 52.0 Å². The predicted octanol–water partition coefficient (Wildman–Crippen LogP) is 4.02. The standard InChI is InChI=1S/C17H27N/c1-13(2)9-14-5-7-15(8-6-14)11-18-12-16-10-17(16,3)4/h5-8,13,16,18H,9-12H2,1-4H3. The van der Waals surface area contributed by atoms with Crippen LogP contribution in [0.4, 0.5) is 0 Å². The third-order valence-corrected chi connectivity index (χ3v) is 4.10. The maximum atomic E-state index is 3.58. The topological polar surface area (TPSA) is 12.0 Å². The van der Waals surface area contributed by atoms with Crippen LogP contribution in [-0.4, -0.2) is 6.54 Å². The van der Waals surface area contributed by atoms with Crippen LogP contribution in [0.5, 0.6) is 0 Å². The van der Waals surface area contributed by atoms with Gasteiger partial charge in [-0.15, -0.1) is 0 Å². The molecule has 1 nitrogen and oxygen atoms in total. The Morgan fingerprint density at radius 2 is 1.72 bits per heavy atom. The van der Waals surface area contributed by atoms with Crippen molar-refractivity contribution in [2.45, 2.75) is 47.1 Å². The first-order valence-electron chi connectivity index (χ1n) is 7.26. The molecule has 1 unspecified atom stereocenters. The summed E-state index contributed by atoms with van der Waals surface area (Å²) >= 11 is 0. The van der Waals surface area contributed by atoms with Crippen LogP contribution < -0.4 is 5.32 Å². The molecule has 1 atom stereocenters. The number of hydrogen-bond donors (Lipinski definition) is 1. The van der Waals surface area contributed by atoms with Crippen LogP contribution >= 0.6 is 0 Å². The number of rotatable bonds is 6.